The highest BCUT2D eigenvalue weighted by Crippen LogP contribution is 2.31. The fourth-order valence-electron chi connectivity index (χ4n) is 2.78. The van der Waals surface area contributed by atoms with Crippen LogP contribution in [0, 0.1) is 0 Å². The van der Waals surface area contributed by atoms with Crippen molar-refractivity contribution in [2.45, 2.75) is 38.6 Å². The second kappa shape index (κ2) is 7.48. The fourth-order valence-corrected chi connectivity index (χ4v) is 3.14. The number of benzene rings is 1. The molecule has 0 aliphatic carbocycles. The molecule has 1 aromatic rings. The minimum atomic E-state index is 0.384. The zero-order valence-electron chi connectivity index (χ0n) is 12.4. The molecule has 0 amide bonds. The number of nitrogens with one attached hydrogen (secondary N) is 1. The summed E-state index contributed by atoms with van der Waals surface area (Å²) in [5.41, 5.74) is 1.33. The molecule has 0 aromatic heterocycles. The maximum absolute atomic E-state index is 5.55. The van der Waals surface area contributed by atoms with E-state index < -0.39 is 0 Å². The van der Waals surface area contributed by atoms with Crippen molar-refractivity contribution in [1.29, 1.82) is 0 Å². The van der Waals surface area contributed by atoms with Gasteiger partial charge in [0.05, 0.1) is 13.2 Å². The van der Waals surface area contributed by atoms with E-state index in [0.29, 0.717) is 6.04 Å². The Morgan fingerprint density at radius 3 is 2.70 bits per heavy atom. The van der Waals surface area contributed by atoms with Crippen LogP contribution in [-0.4, -0.2) is 30.2 Å². The Morgan fingerprint density at radius 1 is 1.30 bits per heavy atom. The maximum Gasteiger partial charge on any atom is 0.169 e. The van der Waals surface area contributed by atoms with Gasteiger partial charge in [0, 0.05) is 13.1 Å². The van der Waals surface area contributed by atoms with Crippen LogP contribution in [0.15, 0.2) is 24.3 Å². The van der Waals surface area contributed by atoms with E-state index in [9.17, 15) is 0 Å². The van der Waals surface area contributed by atoms with Crippen LogP contribution in [0.25, 0.3) is 0 Å². The smallest absolute Gasteiger partial charge is 0.169 e. The van der Waals surface area contributed by atoms with Crippen molar-refractivity contribution in [3.8, 4) is 5.75 Å². The number of thiocarbonyl (C=S) groups is 1. The molecule has 0 bridgehead atoms. The standard InChI is InChI=1S/C16H24N2OS/c1-3-17-16(20)18-12-6-4-5-7-15(18)13-8-10-14(19-2)11-9-13/h8-11,15H,3-7,12H2,1-2H3,(H,17,20). The number of rotatable bonds is 3. The van der Waals surface area contributed by atoms with E-state index in [0.717, 1.165) is 30.4 Å². The molecule has 0 saturated carbocycles. The van der Waals surface area contributed by atoms with Crippen LogP contribution in [0.1, 0.15) is 44.2 Å². The lowest BCUT2D eigenvalue weighted by Crippen LogP contribution is -2.41. The second-order valence-corrected chi connectivity index (χ2v) is 5.55. The average molecular weight is 292 g/mol. The summed E-state index contributed by atoms with van der Waals surface area (Å²) in [6.45, 7) is 4.01. The third-order valence-corrected chi connectivity index (χ3v) is 4.22. The maximum atomic E-state index is 5.55. The van der Waals surface area contributed by atoms with Gasteiger partial charge in [0.15, 0.2) is 5.11 Å². The molecule has 1 unspecified atom stereocenters. The largest absolute Gasteiger partial charge is 0.497 e. The average Bonchev–Trinajstić information content (AvgIpc) is 2.73. The minimum Gasteiger partial charge on any atom is -0.497 e. The first-order chi connectivity index (χ1) is 9.76. The van der Waals surface area contributed by atoms with Gasteiger partial charge in [0.1, 0.15) is 5.75 Å². The summed E-state index contributed by atoms with van der Waals surface area (Å²) in [4.78, 5) is 2.35. The summed E-state index contributed by atoms with van der Waals surface area (Å²) >= 11 is 5.55. The molecule has 110 valence electrons. The zero-order chi connectivity index (χ0) is 14.4. The fraction of sp³-hybridized carbons (Fsp3) is 0.562. The summed E-state index contributed by atoms with van der Waals surface area (Å²) in [7, 11) is 1.70. The molecule has 0 radical (unpaired) electrons. The third kappa shape index (κ3) is 3.63. The van der Waals surface area contributed by atoms with Gasteiger partial charge in [0.25, 0.3) is 0 Å². The highest BCUT2D eigenvalue weighted by Gasteiger charge is 2.24. The normalized spacial score (nSPS) is 19.3. The molecule has 3 nitrogen and oxygen atoms in total. The van der Waals surface area contributed by atoms with E-state index in [4.69, 9.17) is 17.0 Å². The van der Waals surface area contributed by atoms with E-state index >= 15 is 0 Å². The molecule has 1 aliphatic rings. The van der Waals surface area contributed by atoms with Crippen molar-refractivity contribution >= 4 is 17.3 Å². The second-order valence-electron chi connectivity index (χ2n) is 5.17. The Labute approximate surface area is 127 Å². The van der Waals surface area contributed by atoms with E-state index in [-0.39, 0.29) is 0 Å². The van der Waals surface area contributed by atoms with Crippen LogP contribution >= 0.6 is 12.2 Å². The Bertz CT molecular complexity index is 433. The molecular weight excluding hydrogens is 268 g/mol. The zero-order valence-corrected chi connectivity index (χ0v) is 13.2. The molecule has 1 aliphatic heterocycles. The number of methoxy groups -OCH3 is 1. The third-order valence-electron chi connectivity index (χ3n) is 3.84. The summed E-state index contributed by atoms with van der Waals surface area (Å²) in [6, 6.07) is 8.78. The number of hydrogen-bond acceptors (Lipinski definition) is 2. The first kappa shape index (κ1) is 15.1. The van der Waals surface area contributed by atoms with Crippen LogP contribution in [0.4, 0.5) is 0 Å². The summed E-state index contributed by atoms with van der Waals surface area (Å²) in [6.07, 6.45) is 4.94. The van der Waals surface area contributed by atoms with Crippen LogP contribution in [0.3, 0.4) is 0 Å². The quantitative estimate of drug-likeness (QED) is 0.862. The van der Waals surface area contributed by atoms with Crippen molar-refractivity contribution in [3.63, 3.8) is 0 Å². The van der Waals surface area contributed by atoms with Crippen molar-refractivity contribution in [1.82, 2.24) is 10.2 Å². The van der Waals surface area contributed by atoms with Crippen molar-refractivity contribution in [2.24, 2.45) is 0 Å². The van der Waals surface area contributed by atoms with Crippen molar-refractivity contribution < 1.29 is 4.74 Å². The van der Waals surface area contributed by atoms with Crippen molar-refractivity contribution in [3.05, 3.63) is 29.8 Å². The monoisotopic (exact) mass is 292 g/mol. The van der Waals surface area contributed by atoms with E-state index in [1.165, 1.54) is 24.8 Å². The first-order valence-electron chi connectivity index (χ1n) is 7.44. The van der Waals surface area contributed by atoms with Gasteiger partial charge in [-0.3, -0.25) is 0 Å². The van der Waals surface area contributed by atoms with Gasteiger partial charge < -0.3 is 15.0 Å². The van der Waals surface area contributed by atoms with E-state index in [2.05, 4.69) is 29.3 Å². The molecular formula is C16H24N2OS. The molecule has 4 heteroatoms. The molecule has 20 heavy (non-hydrogen) atoms. The van der Waals surface area contributed by atoms with Gasteiger partial charge in [0.2, 0.25) is 0 Å². The van der Waals surface area contributed by atoms with Gasteiger partial charge in [-0.25, -0.2) is 0 Å². The summed E-state index contributed by atoms with van der Waals surface area (Å²) in [5.74, 6) is 0.906. The lowest BCUT2D eigenvalue weighted by molar-refractivity contribution is 0.317. The van der Waals surface area contributed by atoms with Gasteiger partial charge in [-0.1, -0.05) is 25.0 Å². The molecule has 0 spiro atoms. The summed E-state index contributed by atoms with van der Waals surface area (Å²) < 4.78 is 5.24. The molecule has 1 atom stereocenters. The lowest BCUT2D eigenvalue weighted by Gasteiger charge is -2.32. The number of nitrogens with zero attached hydrogens (tertiary/aromatic N) is 1. The Hall–Kier alpha value is -1.29. The Balaban J connectivity index is 2.20. The van der Waals surface area contributed by atoms with E-state index in [1.807, 2.05) is 12.1 Å². The topological polar surface area (TPSA) is 24.5 Å². The molecule has 1 N–H and O–H groups in total. The number of ether oxygens (including phenoxy) is 1. The first-order valence-corrected chi connectivity index (χ1v) is 7.85. The van der Waals surface area contributed by atoms with Gasteiger partial charge >= 0.3 is 0 Å². The van der Waals surface area contributed by atoms with Crippen LogP contribution < -0.4 is 10.1 Å². The lowest BCUT2D eigenvalue weighted by atomic mass is 10.0. The predicted molar refractivity (Wildman–Crippen MR) is 87.2 cm³/mol. The van der Waals surface area contributed by atoms with Gasteiger partial charge in [-0.05, 0) is 49.7 Å². The molecule has 1 fully saturated rings. The predicted octanol–water partition coefficient (Wildman–Crippen LogP) is 3.51. The number of hydrogen-bond donors (Lipinski definition) is 1. The van der Waals surface area contributed by atoms with Crippen LogP contribution in [-0.2, 0) is 0 Å². The molecule has 1 aromatic carbocycles. The van der Waals surface area contributed by atoms with Gasteiger partial charge in [-0.15, -0.1) is 0 Å². The van der Waals surface area contributed by atoms with Crippen molar-refractivity contribution in [2.75, 3.05) is 20.2 Å². The molecule has 1 saturated heterocycles. The molecule has 2 rings (SSSR count). The minimum absolute atomic E-state index is 0.384. The SMILES string of the molecule is CCNC(=S)N1CCCCCC1c1ccc(OC)cc1. The summed E-state index contributed by atoms with van der Waals surface area (Å²) in [5, 5.41) is 4.18. The van der Waals surface area contributed by atoms with E-state index in [1.54, 1.807) is 7.11 Å². The Morgan fingerprint density at radius 2 is 2.05 bits per heavy atom. The molecule has 1 heterocycles. The van der Waals surface area contributed by atoms with Crippen LogP contribution in [0.2, 0.25) is 0 Å². The Kier molecular flexibility index (Phi) is 5.65. The van der Waals surface area contributed by atoms with Crippen LogP contribution in [0.5, 0.6) is 5.75 Å². The number of likely N-dealkylation sites (tertiary alicyclic amines) is 1. The van der Waals surface area contributed by atoms with Gasteiger partial charge in [-0.2, -0.15) is 0 Å². The highest BCUT2D eigenvalue weighted by atomic mass is 32.1. The highest BCUT2D eigenvalue weighted by molar-refractivity contribution is 7.80.